The molecule has 0 radical (unpaired) electrons. The van der Waals surface area contributed by atoms with Gasteiger partial charge in [0.05, 0.1) is 5.75 Å². The highest BCUT2D eigenvalue weighted by Crippen LogP contribution is 2.13. The van der Waals surface area contributed by atoms with Crippen molar-refractivity contribution in [1.82, 2.24) is 19.7 Å². The summed E-state index contributed by atoms with van der Waals surface area (Å²) in [6.45, 7) is 2.70. The van der Waals surface area contributed by atoms with Crippen LogP contribution >= 0.6 is 0 Å². The van der Waals surface area contributed by atoms with Gasteiger partial charge in [-0.15, -0.1) is 0 Å². The molecule has 0 saturated carbocycles. The smallest absolute Gasteiger partial charge is 0.211 e. The van der Waals surface area contributed by atoms with E-state index in [-0.39, 0.29) is 5.75 Å². The topological polar surface area (TPSA) is 109 Å². The Morgan fingerprint density at radius 3 is 2.62 bits per heavy atom. The van der Waals surface area contributed by atoms with Crippen LogP contribution in [-0.2, 0) is 10.0 Å². The number of pyridine rings is 1. The van der Waals surface area contributed by atoms with E-state index in [1.165, 1.54) is 6.33 Å². The summed E-state index contributed by atoms with van der Waals surface area (Å²) in [7, 11) is -3.19. The fourth-order valence-corrected chi connectivity index (χ4v) is 3.12. The molecular formula is C15H22N6O2S. The molecule has 2 heterocycles. The van der Waals surface area contributed by atoms with Crippen LogP contribution in [-0.4, -0.2) is 42.2 Å². The zero-order valence-electron chi connectivity index (χ0n) is 13.6. The second kappa shape index (κ2) is 9.14. The van der Waals surface area contributed by atoms with E-state index in [4.69, 9.17) is 0 Å². The second-order valence-corrected chi connectivity index (χ2v) is 7.05. The minimum Gasteiger partial charge on any atom is -0.369 e. The van der Waals surface area contributed by atoms with Crippen LogP contribution in [0.3, 0.4) is 0 Å². The first-order chi connectivity index (χ1) is 11.6. The molecule has 130 valence electrons. The Kier molecular flexibility index (Phi) is 6.89. The third-order valence-electron chi connectivity index (χ3n) is 3.11. The summed E-state index contributed by atoms with van der Waals surface area (Å²) < 4.78 is 25.9. The maximum Gasteiger partial charge on any atom is 0.211 e. The number of nitrogens with zero attached hydrogens (tertiary/aromatic N) is 3. The lowest BCUT2D eigenvalue weighted by Gasteiger charge is -2.09. The Bertz CT molecular complexity index is 724. The molecule has 0 unspecified atom stereocenters. The maximum absolute atomic E-state index is 11.7. The molecule has 0 atom stereocenters. The zero-order chi connectivity index (χ0) is 17.3. The van der Waals surface area contributed by atoms with Gasteiger partial charge in [0.25, 0.3) is 0 Å². The molecule has 8 nitrogen and oxygen atoms in total. The molecule has 0 saturated heterocycles. The van der Waals surface area contributed by atoms with E-state index < -0.39 is 10.0 Å². The standard InChI is InChI=1S/C15H22N6O2S/c1-2-3-10-24(22,23)20-9-8-17-14-11-15(19-12-18-14)21-13-6-4-5-7-16-13/h4-7,11-12,20H,2-3,8-10H2,1H3,(H2,16,17,18,19,21). The molecule has 0 aliphatic carbocycles. The average molecular weight is 350 g/mol. The number of unbranched alkanes of at least 4 members (excludes halogenated alkanes) is 1. The van der Waals surface area contributed by atoms with Gasteiger partial charge in [0, 0.05) is 25.4 Å². The molecule has 0 spiro atoms. The second-order valence-electron chi connectivity index (χ2n) is 5.12. The number of hydrogen-bond acceptors (Lipinski definition) is 7. The quantitative estimate of drug-likeness (QED) is 0.560. The monoisotopic (exact) mass is 350 g/mol. The van der Waals surface area contributed by atoms with Crippen LogP contribution in [0.15, 0.2) is 36.8 Å². The van der Waals surface area contributed by atoms with Crippen LogP contribution in [0, 0.1) is 0 Å². The fraction of sp³-hybridized carbons (Fsp3) is 0.400. The normalized spacial score (nSPS) is 11.2. The van der Waals surface area contributed by atoms with Gasteiger partial charge in [-0.05, 0) is 18.6 Å². The van der Waals surface area contributed by atoms with Gasteiger partial charge in [-0.1, -0.05) is 19.4 Å². The lowest BCUT2D eigenvalue weighted by atomic mass is 10.4. The summed E-state index contributed by atoms with van der Waals surface area (Å²) >= 11 is 0. The van der Waals surface area contributed by atoms with Crippen molar-refractivity contribution < 1.29 is 8.42 Å². The van der Waals surface area contributed by atoms with Crippen LogP contribution in [0.25, 0.3) is 0 Å². The zero-order valence-corrected chi connectivity index (χ0v) is 14.4. The Hall–Kier alpha value is -2.26. The minimum atomic E-state index is -3.19. The highest BCUT2D eigenvalue weighted by Gasteiger charge is 2.08. The summed E-state index contributed by atoms with van der Waals surface area (Å²) in [5, 5.41) is 6.13. The fourth-order valence-electron chi connectivity index (χ4n) is 1.89. The van der Waals surface area contributed by atoms with Gasteiger partial charge in [0.2, 0.25) is 10.0 Å². The van der Waals surface area contributed by atoms with Gasteiger partial charge >= 0.3 is 0 Å². The number of rotatable bonds is 10. The molecule has 2 aromatic heterocycles. The van der Waals surface area contributed by atoms with E-state index in [9.17, 15) is 8.42 Å². The van der Waals surface area contributed by atoms with Gasteiger partial charge < -0.3 is 10.6 Å². The third-order valence-corrected chi connectivity index (χ3v) is 4.58. The number of aromatic nitrogens is 3. The van der Waals surface area contributed by atoms with Crippen molar-refractivity contribution in [2.45, 2.75) is 19.8 Å². The van der Waals surface area contributed by atoms with Crippen molar-refractivity contribution in [3.05, 3.63) is 36.8 Å². The molecule has 24 heavy (non-hydrogen) atoms. The predicted molar refractivity (Wildman–Crippen MR) is 94.7 cm³/mol. The van der Waals surface area contributed by atoms with Crippen molar-refractivity contribution in [1.29, 1.82) is 0 Å². The molecule has 0 aliphatic heterocycles. The summed E-state index contributed by atoms with van der Waals surface area (Å²) in [5.74, 6) is 2.06. The molecule has 0 amide bonds. The summed E-state index contributed by atoms with van der Waals surface area (Å²) in [5.41, 5.74) is 0. The Morgan fingerprint density at radius 1 is 1.04 bits per heavy atom. The Balaban J connectivity index is 1.80. The molecule has 3 N–H and O–H groups in total. The van der Waals surface area contributed by atoms with Crippen LogP contribution in [0.4, 0.5) is 17.5 Å². The van der Waals surface area contributed by atoms with Crippen LogP contribution < -0.4 is 15.4 Å². The van der Waals surface area contributed by atoms with Crippen molar-refractivity contribution in [2.24, 2.45) is 0 Å². The van der Waals surface area contributed by atoms with Gasteiger partial charge in [-0.25, -0.2) is 28.1 Å². The van der Waals surface area contributed by atoms with Crippen molar-refractivity contribution in [2.75, 3.05) is 29.5 Å². The van der Waals surface area contributed by atoms with E-state index >= 15 is 0 Å². The van der Waals surface area contributed by atoms with E-state index in [0.29, 0.717) is 37.0 Å². The first kappa shape index (κ1) is 18.1. The van der Waals surface area contributed by atoms with Crippen LogP contribution in [0.5, 0.6) is 0 Å². The summed E-state index contributed by atoms with van der Waals surface area (Å²) in [4.78, 5) is 12.4. The maximum atomic E-state index is 11.7. The van der Waals surface area contributed by atoms with E-state index in [1.54, 1.807) is 12.3 Å². The first-order valence-corrected chi connectivity index (χ1v) is 9.45. The average Bonchev–Trinajstić information content (AvgIpc) is 2.58. The van der Waals surface area contributed by atoms with Crippen molar-refractivity contribution >= 4 is 27.5 Å². The number of anilines is 3. The molecule has 0 fully saturated rings. The highest BCUT2D eigenvalue weighted by molar-refractivity contribution is 7.89. The van der Waals surface area contributed by atoms with Crippen LogP contribution in [0.1, 0.15) is 19.8 Å². The SMILES string of the molecule is CCCCS(=O)(=O)NCCNc1cc(Nc2ccccn2)ncn1. The van der Waals surface area contributed by atoms with Gasteiger partial charge in [-0.2, -0.15) is 0 Å². The number of sulfonamides is 1. The molecule has 2 rings (SSSR count). The Morgan fingerprint density at radius 2 is 1.88 bits per heavy atom. The van der Waals surface area contributed by atoms with E-state index in [0.717, 1.165) is 6.42 Å². The molecule has 2 aromatic rings. The van der Waals surface area contributed by atoms with E-state index in [2.05, 4.69) is 30.3 Å². The molecule has 0 aliphatic rings. The largest absolute Gasteiger partial charge is 0.369 e. The lowest BCUT2D eigenvalue weighted by molar-refractivity contribution is 0.579. The number of hydrogen-bond donors (Lipinski definition) is 3. The van der Waals surface area contributed by atoms with Gasteiger partial charge in [-0.3, -0.25) is 0 Å². The van der Waals surface area contributed by atoms with Gasteiger partial charge in [0.15, 0.2) is 0 Å². The van der Waals surface area contributed by atoms with Crippen molar-refractivity contribution in [3.63, 3.8) is 0 Å². The van der Waals surface area contributed by atoms with Gasteiger partial charge in [0.1, 0.15) is 23.8 Å². The summed E-state index contributed by atoms with van der Waals surface area (Å²) in [6.07, 6.45) is 4.63. The lowest BCUT2D eigenvalue weighted by Crippen LogP contribution is -2.30. The molecule has 9 heteroatoms. The third kappa shape index (κ3) is 6.47. The first-order valence-electron chi connectivity index (χ1n) is 7.80. The minimum absolute atomic E-state index is 0.162. The van der Waals surface area contributed by atoms with E-state index in [1.807, 2.05) is 25.1 Å². The highest BCUT2D eigenvalue weighted by atomic mass is 32.2. The van der Waals surface area contributed by atoms with Crippen LogP contribution in [0.2, 0.25) is 0 Å². The molecule has 0 bridgehead atoms. The molecule has 0 aromatic carbocycles. The Labute approximate surface area is 142 Å². The summed E-state index contributed by atoms with van der Waals surface area (Å²) in [6, 6.07) is 7.28. The van der Waals surface area contributed by atoms with Crippen molar-refractivity contribution in [3.8, 4) is 0 Å². The number of nitrogens with one attached hydrogen (secondary N) is 3. The predicted octanol–water partition coefficient (Wildman–Crippen LogP) is 1.75. The molecular weight excluding hydrogens is 328 g/mol.